The molecule has 7 heteroatoms. The fourth-order valence-electron chi connectivity index (χ4n) is 4.10. The number of carbonyl (C=O) groups excluding carboxylic acids is 1. The number of nitrogens with zero attached hydrogens (tertiary/aromatic N) is 3. The van der Waals surface area contributed by atoms with Gasteiger partial charge in [-0.15, -0.1) is 0 Å². The maximum Gasteiger partial charge on any atom is 0.324 e. The number of benzene rings is 2. The number of hydrogen-bond acceptors (Lipinski definition) is 5. The lowest BCUT2D eigenvalue weighted by molar-refractivity contribution is -0.380. The van der Waals surface area contributed by atoms with Crippen LogP contribution in [0.2, 0.25) is 0 Å². The molecule has 4 rings (SSSR count). The molecule has 3 aromatic rings. The number of thiophene rings is 1. The Morgan fingerprint density at radius 1 is 1.14 bits per heavy atom. The average Bonchev–Trinajstić information content (AvgIpc) is 3.38. The Morgan fingerprint density at radius 3 is 2.72 bits per heavy atom. The minimum atomic E-state index is -0.331. The SMILES string of the molecule is O=CN1CCC(CN(Cc2ccc([N+](=O)[O-])s2)Cc2cccc3ccccc23)C1. The number of rotatable bonds is 8. The third-order valence-corrected chi connectivity index (χ3v) is 6.49. The van der Waals surface area contributed by atoms with Crippen molar-refractivity contribution in [3.05, 3.63) is 75.2 Å². The highest BCUT2D eigenvalue weighted by atomic mass is 32.1. The van der Waals surface area contributed by atoms with E-state index in [1.54, 1.807) is 6.07 Å². The Bertz CT molecular complexity index is 1010. The van der Waals surface area contributed by atoms with E-state index in [1.165, 1.54) is 27.7 Å². The normalized spacial score (nSPS) is 16.6. The van der Waals surface area contributed by atoms with E-state index in [-0.39, 0.29) is 9.92 Å². The lowest BCUT2D eigenvalue weighted by Gasteiger charge is -2.25. The van der Waals surface area contributed by atoms with E-state index in [0.29, 0.717) is 12.5 Å². The lowest BCUT2D eigenvalue weighted by Crippen LogP contribution is -2.30. The monoisotopic (exact) mass is 409 g/mol. The third kappa shape index (κ3) is 4.63. The van der Waals surface area contributed by atoms with Gasteiger partial charge in [0.25, 0.3) is 0 Å². The van der Waals surface area contributed by atoms with Gasteiger partial charge < -0.3 is 4.90 Å². The van der Waals surface area contributed by atoms with Crippen molar-refractivity contribution in [2.24, 2.45) is 5.92 Å². The molecule has 0 spiro atoms. The topological polar surface area (TPSA) is 66.7 Å². The number of carbonyl (C=O) groups is 1. The summed E-state index contributed by atoms with van der Waals surface area (Å²) in [6, 6.07) is 18.1. The minimum absolute atomic E-state index is 0.179. The largest absolute Gasteiger partial charge is 0.345 e. The minimum Gasteiger partial charge on any atom is -0.345 e. The number of amides is 1. The third-order valence-electron chi connectivity index (χ3n) is 5.46. The highest BCUT2D eigenvalue weighted by Crippen LogP contribution is 2.28. The second-order valence-corrected chi connectivity index (χ2v) is 8.71. The first-order chi connectivity index (χ1) is 14.1. The second-order valence-electron chi connectivity index (χ2n) is 7.56. The van der Waals surface area contributed by atoms with E-state index in [2.05, 4.69) is 41.3 Å². The van der Waals surface area contributed by atoms with Crippen LogP contribution in [0.4, 0.5) is 5.00 Å². The van der Waals surface area contributed by atoms with Gasteiger partial charge in [-0.25, -0.2) is 0 Å². The van der Waals surface area contributed by atoms with Gasteiger partial charge in [0.05, 0.1) is 4.92 Å². The zero-order valence-corrected chi connectivity index (χ0v) is 16.9. The van der Waals surface area contributed by atoms with Gasteiger partial charge in [0.2, 0.25) is 6.41 Å². The number of nitro groups is 1. The molecule has 150 valence electrons. The van der Waals surface area contributed by atoms with E-state index in [1.807, 2.05) is 17.0 Å². The lowest BCUT2D eigenvalue weighted by atomic mass is 10.0. The molecule has 2 heterocycles. The molecule has 0 aliphatic carbocycles. The highest BCUT2D eigenvalue weighted by molar-refractivity contribution is 7.15. The Hall–Kier alpha value is -2.77. The molecule has 0 radical (unpaired) electrons. The van der Waals surface area contributed by atoms with Crippen LogP contribution in [-0.2, 0) is 17.9 Å². The first kappa shape index (κ1) is 19.5. The van der Waals surface area contributed by atoms with Crippen molar-refractivity contribution in [1.82, 2.24) is 9.80 Å². The Balaban J connectivity index is 1.56. The maximum absolute atomic E-state index is 11.1. The summed E-state index contributed by atoms with van der Waals surface area (Å²) in [7, 11) is 0. The van der Waals surface area contributed by atoms with E-state index >= 15 is 0 Å². The van der Waals surface area contributed by atoms with Gasteiger partial charge in [-0.05, 0) is 34.7 Å². The summed E-state index contributed by atoms with van der Waals surface area (Å²) < 4.78 is 0. The predicted molar refractivity (Wildman–Crippen MR) is 115 cm³/mol. The first-order valence-corrected chi connectivity index (χ1v) is 10.6. The summed E-state index contributed by atoms with van der Waals surface area (Å²) in [4.78, 5) is 27.0. The molecule has 6 nitrogen and oxygen atoms in total. The van der Waals surface area contributed by atoms with Gasteiger partial charge >= 0.3 is 5.00 Å². The van der Waals surface area contributed by atoms with Gasteiger partial charge in [-0.1, -0.05) is 53.8 Å². The Labute approximate surface area is 173 Å². The Kier molecular flexibility index (Phi) is 5.87. The summed E-state index contributed by atoms with van der Waals surface area (Å²) in [5.41, 5.74) is 1.25. The van der Waals surface area contributed by atoms with Crippen molar-refractivity contribution < 1.29 is 9.72 Å². The van der Waals surface area contributed by atoms with E-state index < -0.39 is 0 Å². The van der Waals surface area contributed by atoms with Crippen LogP contribution in [0.25, 0.3) is 10.8 Å². The summed E-state index contributed by atoms with van der Waals surface area (Å²) in [6.07, 6.45) is 1.92. The molecule has 1 amide bonds. The van der Waals surface area contributed by atoms with Gasteiger partial charge in [0, 0.05) is 43.7 Å². The molecule has 1 aliphatic heterocycles. The van der Waals surface area contributed by atoms with Crippen LogP contribution in [0.5, 0.6) is 0 Å². The molecular formula is C22H23N3O3S. The second kappa shape index (κ2) is 8.71. The van der Waals surface area contributed by atoms with Crippen LogP contribution in [0.3, 0.4) is 0 Å². The van der Waals surface area contributed by atoms with Crippen molar-refractivity contribution in [1.29, 1.82) is 0 Å². The standard InChI is InChI=1S/C22H23N3O3S/c26-16-23-11-10-17(12-23)13-24(15-20-8-9-22(29-20)25(27)28)14-19-6-3-5-18-4-1-2-7-21(18)19/h1-9,16-17H,10-15H2. The quantitative estimate of drug-likeness (QED) is 0.316. The number of likely N-dealkylation sites (tertiary alicyclic amines) is 1. The average molecular weight is 410 g/mol. The first-order valence-electron chi connectivity index (χ1n) is 9.74. The molecule has 1 saturated heterocycles. The van der Waals surface area contributed by atoms with Crippen LogP contribution in [0.1, 0.15) is 16.9 Å². The van der Waals surface area contributed by atoms with Crippen LogP contribution >= 0.6 is 11.3 Å². The van der Waals surface area contributed by atoms with Gasteiger partial charge in [0.1, 0.15) is 0 Å². The summed E-state index contributed by atoms with van der Waals surface area (Å²) in [6.45, 7) is 3.88. The van der Waals surface area contributed by atoms with Crippen molar-refractivity contribution in [3.63, 3.8) is 0 Å². The van der Waals surface area contributed by atoms with E-state index in [9.17, 15) is 14.9 Å². The zero-order valence-electron chi connectivity index (χ0n) is 16.1. The molecule has 1 unspecified atom stereocenters. The molecule has 29 heavy (non-hydrogen) atoms. The molecule has 1 atom stereocenters. The van der Waals surface area contributed by atoms with Crippen molar-refractivity contribution in [2.45, 2.75) is 19.5 Å². The smallest absolute Gasteiger partial charge is 0.324 e. The summed E-state index contributed by atoms with van der Waals surface area (Å²) in [5.74, 6) is 0.421. The fraction of sp³-hybridized carbons (Fsp3) is 0.318. The number of hydrogen-bond donors (Lipinski definition) is 0. The summed E-state index contributed by atoms with van der Waals surface area (Å²) >= 11 is 1.24. The maximum atomic E-state index is 11.1. The van der Waals surface area contributed by atoms with Crippen molar-refractivity contribution in [2.75, 3.05) is 19.6 Å². The highest BCUT2D eigenvalue weighted by Gasteiger charge is 2.24. The van der Waals surface area contributed by atoms with Crippen LogP contribution in [0, 0.1) is 16.0 Å². The zero-order chi connectivity index (χ0) is 20.2. The molecule has 1 aliphatic rings. The van der Waals surface area contributed by atoms with Crippen LogP contribution in [-0.4, -0.2) is 40.8 Å². The Morgan fingerprint density at radius 2 is 1.97 bits per heavy atom. The molecule has 0 N–H and O–H groups in total. The van der Waals surface area contributed by atoms with Gasteiger partial charge in [-0.3, -0.25) is 19.8 Å². The predicted octanol–water partition coefficient (Wildman–Crippen LogP) is 4.29. The van der Waals surface area contributed by atoms with Crippen molar-refractivity contribution in [3.8, 4) is 0 Å². The molecule has 0 saturated carbocycles. The molecular weight excluding hydrogens is 386 g/mol. The van der Waals surface area contributed by atoms with Crippen LogP contribution < -0.4 is 0 Å². The van der Waals surface area contributed by atoms with Crippen molar-refractivity contribution >= 4 is 33.5 Å². The fourth-order valence-corrected chi connectivity index (χ4v) is 4.96. The van der Waals surface area contributed by atoms with Crippen LogP contribution in [0.15, 0.2) is 54.6 Å². The molecule has 0 bridgehead atoms. The molecule has 1 aromatic heterocycles. The molecule has 1 fully saturated rings. The number of fused-ring (bicyclic) bond motifs is 1. The van der Waals surface area contributed by atoms with E-state index in [4.69, 9.17) is 0 Å². The van der Waals surface area contributed by atoms with Gasteiger partial charge in [-0.2, -0.15) is 0 Å². The van der Waals surface area contributed by atoms with E-state index in [0.717, 1.165) is 43.9 Å². The molecule has 2 aromatic carbocycles. The summed E-state index contributed by atoms with van der Waals surface area (Å²) in [5, 5.41) is 13.7. The van der Waals surface area contributed by atoms with Gasteiger partial charge in [0.15, 0.2) is 0 Å².